The standard InChI is InChI=1S/C21H16Cl2F3N5O/c22-16-7-5-15(6-8-16)19-28-31(20(32)29(19)10-9-21(24,25)26)13-14-11-27-30(12-14)18-4-2-1-3-17(18)23/h1-8,11-12H,9-10,13H2. The third-order valence-electron chi connectivity index (χ3n) is 4.71. The zero-order valence-electron chi connectivity index (χ0n) is 16.4. The van der Waals surface area contributed by atoms with Gasteiger partial charge >= 0.3 is 11.9 Å². The molecule has 0 fully saturated rings. The molecular weight excluding hydrogens is 466 g/mol. The second kappa shape index (κ2) is 8.84. The van der Waals surface area contributed by atoms with Crippen LogP contribution in [0.25, 0.3) is 17.1 Å². The molecule has 166 valence electrons. The molecule has 0 N–H and O–H groups in total. The summed E-state index contributed by atoms with van der Waals surface area (Å²) in [4.78, 5) is 12.9. The summed E-state index contributed by atoms with van der Waals surface area (Å²) in [7, 11) is 0. The number of hydrogen-bond acceptors (Lipinski definition) is 3. The van der Waals surface area contributed by atoms with E-state index in [1.807, 2.05) is 6.07 Å². The summed E-state index contributed by atoms with van der Waals surface area (Å²) in [6.07, 6.45) is -2.32. The molecule has 0 saturated heterocycles. The van der Waals surface area contributed by atoms with Gasteiger partial charge in [0.05, 0.1) is 29.9 Å². The van der Waals surface area contributed by atoms with Crippen molar-refractivity contribution in [3.63, 3.8) is 0 Å². The molecule has 0 amide bonds. The summed E-state index contributed by atoms with van der Waals surface area (Å²) in [6, 6.07) is 13.5. The molecule has 0 bridgehead atoms. The van der Waals surface area contributed by atoms with E-state index in [0.717, 1.165) is 9.25 Å². The highest BCUT2D eigenvalue weighted by Crippen LogP contribution is 2.24. The first kappa shape index (κ1) is 22.2. The third kappa shape index (κ3) is 4.89. The molecule has 0 saturated carbocycles. The van der Waals surface area contributed by atoms with Gasteiger partial charge in [0.15, 0.2) is 5.82 Å². The van der Waals surface area contributed by atoms with Crippen LogP contribution in [0.15, 0.2) is 65.7 Å². The fourth-order valence-electron chi connectivity index (χ4n) is 3.18. The monoisotopic (exact) mass is 481 g/mol. The molecule has 0 aliphatic carbocycles. The smallest absolute Gasteiger partial charge is 0.275 e. The van der Waals surface area contributed by atoms with Gasteiger partial charge in [-0.2, -0.15) is 18.3 Å². The fourth-order valence-corrected chi connectivity index (χ4v) is 3.53. The van der Waals surface area contributed by atoms with Crippen LogP contribution in [-0.2, 0) is 13.1 Å². The quantitative estimate of drug-likeness (QED) is 0.380. The van der Waals surface area contributed by atoms with Gasteiger partial charge in [-0.05, 0) is 36.4 Å². The molecule has 6 nitrogen and oxygen atoms in total. The molecule has 11 heteroatoms. The average molecular weight is 482 g/mol. The van der Waals surface area contributed by atoms with Gasteiger partial charge in [-0.25, -0.2) is 14.2 Å². The van der Waals surface area contributed by atoms with Crippen molar-refractivity contribution >= 4 is 23.2 Å². The summed E-state index contributed by atoms with van der Waals surface area (Å²) in [5.74, 6) is 0.134. The summed E-state index contributed by atoms with van der Waals surface area (Å²) in [5, 5.41) is 9.52. The Morgan fingerprint density at radius 3 is 2.41 bits per heavy atom. The van der Waals surface area contributed by atoms with E-state index in [1.165, 1.54) is 0 Å². The van der Waals surface area contributed by atoms with E-state index in [9.17, 15) is 18.0 Å². The highest BCUT2D eigenvalue weighted by Gasteiger charge is 2.28. The number of benzene rings is 2. The molecular formula is C21H16Cl2F3N5O. The average Bonchev–Trinajstić information content (AvgIpc) is 3.32. The molecule has 4 rings (SSSR count). The maximum atomic E-state index is 12.9. The van der Waals surface area contributed by atoms with Gasteiger partial charge in [0, 0.05) is 28.9 Å². The first-order valence-electron chi connectivity index (χ1n) is 9.50. The zero-order valence-corrected chi connectivity index (χ0v) is 17.9. The Bertz CT molecular complexity index is 1290. The van der Waals surface area contributed by atoms with Crippen molar-refractivity contribution in [3.8, 4) is 17.1 Å². The summed E-state index contributed by atoms with van der Waals surface area (Å²) in [6.45, 7) is -0.512. The SMILES string of the molecule is O=c1n(Cc2cnn(-c3ccccc3Cl)c2)nc(-c2ccc(Cl)cc2)n1CCC(F)(F)F. The van der Waals surface area contributed by atoms with E-state index < -0.39 is 24.8 Å². The van der Waals surface area contributed by atoms with Crippen molar-refractivity contribution < 1.29 is 13.2 Å². The third-order valence-corrected chi connectivity index (χ3v) is 5.28. The lowest BCUT2D eigenvalue weighted by Crippen LogP contribution is -2.27. The van der Waals surface area contributed by atoms with Crippen LogP contribution in [0.2, 0.25) is 10.0 Å². The molecule has 0 unspecified atom stereocenters. The van der Waals surface area contributed by atoms with Gasteiger partial charge in [-0.1, -0.05) is 35.3 Å². The van der Waals surface area contributed by atoms with E-state index in [4.69, 9.17) is 23.2 Å². The summed E-state index contributed by atoms with van der Waals surface area (Å²) >= 11 is 12.1. The van der Waals surface area contributed by atoms with Gasteiger partial charge in [-0.3, -0.25) is 4.57 Å². The maximum Gasteiger partial charge on any atom is 0.390 e. The molecule has 0 radical (unpaired) electrons. The van der Waals surface area contributed by atoms with E-state index in [0.29, 0.717) is 26.9 Å². The van der Waals surface area contributed by atoms with Crippen LogP contribution < -0.4 is 5.69 Å². The molecule has 0 aliphatic rings. The molecule has 4 aromatic rings. The van der Waals surface area contributed by atoms with Crippen LogP contribution in [0.1, 0.15) is 12.0 Å². The van der Waals surface area contributed by atoms with Crippen molar-refractivity contribution in [1.82, 2.24) is 24.1 Å². The lowest BCUT2D eigenvalue weighted by Gasteiger charge is -2.08. The highest BCUT2D eigenvalue weighted by atomic mass is 35.5. The molecule has 2 aromatic heterocycles. The Balaban J connectivity index is 1.68. The van der Waals surface area contributed by atoms with Gasteiger partial charge in [0.2, 0.25) is 0 Å². The first-order chi connectivity index (χ1) is 15.2. The molecule has 0 aliphatic heterocycles. The van der Waals surface area contributed by atoms with Crippen LogP contribution >= 0.6 is 23.2 Å². The molecule has 0 spiro atoms. The zero-order chi connectivity index (χ0) is 22.9. The van der Waals surface area contributed by atoms with E-state index in [2.05, 4.69) is 10.2 Å². The maximum absolute atomic E-state index is 12.9. The lowest BCUT2D eigenvalue weighted by atomic mass is 10.2. The topological polar surface area (TPSA) is 57.6 Å². The van der Waals surface area contributed by atoms with E-state index in [1.54, 1.807) is 59.5 Å². The minimum atomic E-state index is -4.41. The van der Waals surface area contributed by atoms with Crippen molar-refractivity contribution in [2.45, 2.75) is 25.7 Å². The largest absolute Gasteiger partial charge is 0.390 e. The molecule has 2 aromatic carbocycles. The van der Waals surface area contributed by atoms with Crippen LogP contribution in [0, 0.1) is 0 Å². The Hall–Kier alpha value is -3.04. The fraction of sp³-hybridized carbons (Fsp3) is 0.190. The Morgan fingerprint density at radius 2 is 1.72 bits per heavy atom. The molecule has 2 heterocycles. The number of para-hydroxylation sites is 1. The minimum absolute atomic E-state index is 0.0306. The normalized spacial score (nSPS) is 11.8. The van der Waals surface area contributed by atoms with Crippen LogP contribution in [-0.4, -0.2) is 30.3 Å². The molecule has 0 atom stereocenters. The predicted molar refractivity (Wildman–Crippen MR) is 115 cm³/mol. The van der Waals surface area contributed by atoms with Crippen molar-refractivity contribution in [1.29, 1.82) is 0 Å². The minimum Gasteiger partial charge on any atom is -0.275 e. The Morgan fingerprint density at radius 1 is 1.00 bits per heavy atom. The predicted octanol–water partition coefficient (Wildman–Crippen LogP) is 5.21. The number of aromatic nitrogens is 5. The highest BCUT2D eigenvalue weighted by molar-refractivity contribution is 6.32. The number of halogens is 5. The van der Waals surface area contributed by atoms with Crippen LogP contribution in [0.4, 0.5) is 13.2 Å². The number of rotatable bonds is 6. The van der Waals surface area contributed by atoms with Crippen molar-refractivity contribution in [2.24, 2.45) is 0 Å². The Kier molecular flexibility index (Phi) is 6.12. The number of nitrogens with zero attached hydrogens (tertiary/aromatic N) is 5. The van der Waals surface area contributed by atoms with Gasteiger partial charge in [0.1, 0.15) is 0 Å². The second-order valence-corrected chi connectivity index (χ2v) is 7.88. The first-order valence-corrected chi connectivity index (χ1v) is 10.3. The van der Waals surface area contributed by atoms with Gasteiger partial charge < -0.3 is 0 Å². The van der Waals surface area contributed by atoms with Gasteiger partial charge in [0.25, 0.3) is 0 Å². The van der Waals surface area contributed by atoms with E-state index in [-0.39, 0.29) is 12.4 Å². The van der Waals surface area contributed by atoms with Crippen molar-refractivity contribution in [3.05, 3.63) is 87.0 Å². The summed E-state index contributed by atoms with van der Waals surface area (Å²) in [5.41, 5.74) is 1.13. The Labute approximate surface area is 190 Å². The molecule has 32 heavy (non-hydrogen) atoms. The lowest BCUT2D eigenvalue weighted by molar-refractivity contribution is -0.136. The van der Waals surface area contributed by atoms with Crippen LogP contribution in [0.5, 0.6) is 0 Å². The second-order valence-electron chi connectivity index (χ2n) is 7.03. The number of alkyl halides is 3. The van der Waals surface area contributed by atoms with Gasteiger partial charge in [-0.15, -0.1) is 5.10 Å². The van der Waals surface area contributed by atoms with E-state index >= 15 is 0 Å². The summed E-state index contributed by atoms with van der Waals surface area (Å²) < 4.78 is 42.2. The van der Waals surface area contributed by atoms with Crippen molar-refractivity contribution in [2.75, 3.05) is 0 Å². The van der Waals surface area contributed by atoms with Crippen LogP contribution in [0.3, 0.4) is 0 Å². The number of hydrogen-bond donors (Lipinski definition) is 0.